The van der Waals surface area contributed by atoms with Crippen LogP contribution in [-0.2, 0) is 16.1 Å². The molecule has 0 spiro atoms. The SMILES string of the molecule is CC(C)c1cccc(C(C)C)c1NC(=O)CC1Sc2ccccc2N(Cc2ccccc2)C1=O. The highest BCUT2D eigenvalue weighted by Gasteiger charge is 2.35. The lowest BCUT2D eigenvalue weighted by molar-refractivity contribution is -0.122. The fourth-order valence-electron chi connectivity index (χ4n) is 4.39. The third-order valence-corrected chi connectivity index (χ3v) is 7.41. The van der Waals surface area contributed by atoms with Crippen molar-refractivity contribution in [3.05, 3.63) is 89.5 Å². The van der Waals surface area contributed by atoms with Gasteiger partial charge in [0.15, 0.2) is 0 Å². The maximum atomic E-state index is 13.6. The monoisotopic (exact) mass is 472 g/mol. The van der Waals surface area contributed by atoms with E-state index in [2.05, 4.69) is 51.2 Å². The summed E-state index contributed by atoms with van der Waals surface area (Å²) < 4.78 is 0. The number of amides is 2. The molecular weight excluding hydrogens is 440 g/mol. The average Bonchev–Trinajstić information content (AvgIpc) is 2.82. The van der Waals surface area contributed by atoms with Gasteiger partial charge in [0.2, 0.25) is 11.8 Å². The second-order valence-electron chi connectivity index (χ2n) is 9.36. The molecule has 3 aromatic rings. The van der Waals surface area contributed by atoms with Gasteiger partial charge in [0, 0.05) is 17.0 Å². The number of anilines is 2. The molecule has 0 fully saturated rings. The number of thioether (sulfide) groups is 1. The molecule has 1 N–H and O–H groups in total. The van der Waals surface area contributed by atoms with Gasteiger partial charge in [-0.2, -0.15) is 0 Å². The van der Waals surface area contributed by atoms with E-state index in [0.717, 1.165) is 33.0 Å². The number of benzene rings is 3. The molecule has 0 aliphatic carbocycles. The summed E-state index contributed by atoms with van der Waals surface area (Å²) in [6.45, 7) is 9.02. The summed E-state index contributed by atoms with van der Waals surface area (Å²) in [4.78, 5) is 29.7. The first-order chi connectivity index (χ1) is 16.3. The zero-order valence-corrected chi connectivity index (χ0v) is 21.1. The second-order valence-corrected chi connectivity index (χ2v) is 10.6. The lowest BCUT2D eigenvalue weighted by Crippen LogP contribution is -2.42. The Labute approximate surface area is 206 Å². The van der Waals surface area contributed by atoms with E-state index in [-0.39, 0.29) is 30.1 Å². The van der Waals surface area contributed by atoms with Crippen LogP contribution in [0.2, 0.25) is 0 Å². The highest BCUT2D eigenvalue weighted by Crippen LogP contribution is 2.41. The summed E-state index contributed by atoms with van der Waals surface area (Å²) in [7, 11) is 0. The van der Waals surface area contributed by atoms with E-state index in [1.807, 2.05) is 59.5 Å². The van der Waals surface area contributed by atoms with Crippen LogP contribution in [0.5, 0.6) is 0 Å². The number of nitrogens with zero attached hydrogens (tertiary/aromatic N) is 1. The van der Waals surface area contributed by atoms with E-state index >= 15 is 0 Å². The Kier molecular flexibility index (Phi) is 7.42. The Hall–Kier alpha value is -3.05. The molecule has 4 nitrogen and oxygen atoms in total. The predicted molar refractivity (Wildman–Crippen MR) is 142 cm³/mol. The molecule has 0 saturated heterocycles. The van der Waals surface area contributed by atoms with Gasteiger partial charge in [-0.25, -0.2) is 0 Å². The largest absolute Gasteiger partial charge is 0.326 e. The van der Waals surface area contributed by atoms with Crippen LogP contribution < -0.4 is 10.2 Å². The van der Waals surface area contributed by atoms with Gasteiger partial charge < -0.3 is 10.2 Å². The highest BCUT2D eigenvalue weighted by molar-refractivity contribution is 8.01. The van der Waals surface area contributed by atoms with Crippen LogP contribution in [0, 0.1) is 0 Å². The van der Waals surface area contributed by atoms with E-state index in [9.17, 15) is 9.59 Å². The maximum Gasteiger partial charge on any atom is 0.241 e. The number of hydrogen-bond acceptors (Lipinski definition) is 3. The number of carbonyl (C=O) groups excluding carboxylic acids is 2. The minimum atomic E-state index is -0.465. The van der Waals surface area contributed by atoms with Crippen molar-refractivity contribution >= 4 is 35.0 Å². The summed E-state index contributed by atoms with van der Waals surface area (Å²) in [5.74, 6) is 0.421. The third-order valence-electron chi connectivity index (χ3n) is 6.16. The number of para-hydroxylation sites is 2. The second kappa shape index (κ2) is 10.5. The number of nitrogens with one attached hydrogen (secondary N) is 1. The highest BCUT2D eigenvalue weighted by atomic mass is 32.2. The van der Waals surface area contributed by atoms with E-state index in [4.69, 9.17) is 0 Å². The maximum absolute atomic E-state index is 13.6. The fourth-order valence-corrected chi connectivity index (χ4v) is 5.61. The van der Waals surface area contributed by atoms with Gasteiger partial charge in [0.25, 0.3) is 0 Å². The molecule has 0 bridgehead atoms. The van der Waals surface area contributed by atoms with Crippen molar-refractivity contribution in [2.45, 2.75) is 62.6 Å². The van der Waals surface area contributed by atoms with Crippen molar-refractivity contribution in [2.75, 3.05) is 10.2 Å². The van der Waals surface area contributed by atoms with Crippen LogP contribution >= 0.6 is 11.8 Å². The van der Waals surface area contributed by atoms with E-state index in [1.165, 1.54) is 11.8 Å². The fraction of sp³-hybridized carbons (Fsp3) is 0.310. The molecule has 2 amide bonds. The first-order valence-electron chi connectivity index (χ1n) is 11.9. The minimum absolute atomic E-state index is 0.0241. The van der Waals surface area contributed by atoms with Gasteiger partial charge in [-0.1, -0.05) is 88.4 Å². The topological polar surface area (TPSA) is 49.4 Å². The molecular formula is C29H32N2O2S. The predicted octanol–water partition coefficient (Wildman–Crippen LogP) is 6.97. The van der Waals surface area contributed by atoms with Crippen LogP contribution in [0.1, 0.15) is 62.6 Å². The van der Waals surface area contributed by atoms with Gasteiger partial charge in [-0.15, -0.1) is 11.8 Å². The third kappa shape index (κ3) is 5.20. The summed E-state index contributed by atoms with van der Waals surface area (Å²) in [6, 6.07) is 24.1. The first kappa shape index (κ1) is 24.1. The van der Waals surface area contributed by atoms with Crippen molar-refractivity contribution < 1.29 is 9.59 Å². The zero-order valence-electron chi connectivity index (χ0n) is 20.2. The van der Waals surface area contributed by atoms with Crippen molar-refractivity contribution in [3.63, 3.8) is 0 Å². The Morgan fingerprint density at radius 3 is 2.15 bits per heavy atom. The number of hydrogen-bond donors (Lipinski definition) is 1. The zero-order chi connectivity index (χ0) is 24.2. The molecule has 5 heteroatoms. The molecule has 1 unspecified atom stereocenters. The lowest BCUT2D eigenvalue weighted by atomic mass is 9.92. The van der Waals surface area contributed by atoms with Gasteiger partial charge in [-0.3, -0.25) is 9.59 Å². The van der Waals surface area contributed by atoms with Gasteiger partial charge >= 0.3 is 0 Å². The van der Waals surface area contributed by atoms with Gasteiger partial charge in [0.05, 0.1) is 17.5 Å². The van der Waals surface area contributed by atoms with Crippen LogP contribution in [0.15, 0.2) is 77.7 Å². The van der Waals surface area contributed by atoms with E-state index in [1.54, 1.807) is 0 Å². The molecule has 0 aromatic heterocycles. The van der Waals surface area contributed by atoms with Crippen LogP contribution in [-0.4, -0.2) is 17.1 Å². The Morgan fingerprint density at radius 2 is 1.50 bits per heavy atom. The molecule has 0 saturated carbocycles. The molecule has 1 heterocycles. The Bertz CT molecular complexity index is 1150. The summed E-state index contributed by atoms with van der Waals surface area (Å²) in [5, 5.41) is 2.71. The van der Waals surface area contributed by atoms with Crippen LogP contribution in [0.4, 0.5) is 11.4 Å². The Balaban J connectivity index is 1.58. The van der Waals surface area contributed by atoms with E-state index in [0.29, 0.717) is 6.54 Å². The number of carbonyl (C=O) groups is 2. The molecule has 176 valence electrons. The first-order valence-corrected chi connectivity index (χ1v) is 12.8. The summed E-state index contributed by atoms with van der Waals surface area (Å²) in [6.07, 6.45) is 0.132. The molecule has 1 atom stereocenters. The average molecular weight is 473 g/mol. The van der Waals surface area contributed by atoms with E-state index < -0.39 is 5.25 Å². The lowest BCUT2D eigenvalue weighted by Gasteiger charge is -2.33. The van der Waals surface area contributed by atoms with Crippen molar-refractivity contribution in [1.82, 2.24) is 0 Å². The van der Waals surface area contributed by atoms with Gasteiger partial charge in [0.1, 0.15) is 0 Å². The molecule has 1 aliphatic heterocycles. The quantitative estimate of drug-likeness (QED) is 0.404. The molecule has 4 rings (SSSR count). The van der Waals surface area contributed by atoms with Crippen molar-refractivity contribution in [3.8, 4) is 0 Å². The molecule has 1 aliphatic rings. The molecule has 3 aromatic carbocycles. The van der Waals surface area contributed by atoms with Crippen molar-refractivity contribution in [2.24, 2.45) is 0 Å². The van der Waals surface area contributed by atoms with Crippen molar-refractivity contribution in [1.29, 1.82) is 0 Å². The standard InChI is InChI=1S/C29H32N2O2S/c1-19(2)22-13-10-14-23(20(3)4)28(22)30-27(32)17-26-29(33)31(18-21-11-6-5-7-12-21)24-15-8-9-16-25(24)34-26/h5-16,19-20,26H,17-18H2,1-4H3,(H,30,32). The van der Waals surface area contributed by atoms with Crippen LogP contribution in [0.25, 0.3) is 0 Å². The van der Waals surface area contributed by atoms with Gasteiger partial charge in [-0.05, 0) is 40.7 Å². The number of rotatable bonds is 7. The number of fused-ring (bicyclic) bond motifs is 1. The molecule has 34 heavy (non-hydrogen) atoms. The molecule has 0 radical (unpaired) electrons. The Morgan fingerprint density at radius 1 is 0.882 bits per heavy atom. The van der Waals surface area contributed by atoms with Crippen LogP contribution in [0.3, 0.4) is 0 Å². The summed E-state index contributed by atoms with van der Waals surface area (Å²) >= 11 is 1.49. The minimum Gasteiger partial charge on any atom is -0.326 e. The smallest absolute Gasteiger partial charge is 0.241 e. The normalized spacial score (nSPS) is 15.5. The summed E-state index contributed by atoms with van der Waals surface area (Å²) in [5.41, 5.74) is 5.11.